The van der Waals surface area contributed by atoms with E-state index in [0.717, 1.165) is 31.2 Å². The molecule has 1 saturated heterocycles. The molecule has 0 spiro atoms. The number of fused-ring (bicyclic) bond motifs is 5. The van der Waals surface area contributed by atoms with Crippen molar-refractivity contribution in [1.29, 1.82) is 0 Å². The lowest BCUT2D eigenvalue weighted by atomic mass is 9.85. The van der Waals surface area contributed by atoms with Gasteiger partial charge >= 0.3 is 6.09 Å². The lowest BCUT2D eigenvalue weighted by Crippen LogP contribution is -2.61. The predicted octanol–water partition coefficient (Wildman–Crippen LogP) is 5.24. The minimum Gasteiger partial charge on any atom is -0.497 e. The number of alkyl halides is 2. The number of aryl methyl sites for hydroxylation is 1. The minimum absolute atomic E-state index is 0.139. The Morgan fingerprint density at radius 3 is 2.43 bits per heavy atom. The molecule has 18 heteroatoms. The molecule has 2 bridgehead atoms. The summed E-state index contributed by atoms with van der Waals surface area (Å²) in [5.74, 6) is -4.57. The molecule has 63 heavy (non-hydrogen) atoms. The van der Waals surface area contributed by atoms with Crippen molar-refractivity contribution < 1.29 is 50.6 Å². The topological polar surface area (TPSA) is 195 Å². The number of nitrogens with zero attached hydrogens (tertiary/aromatic N) is 3. The first-order chi connectivity index (χ1) is 29.8. The summed E-state index contributed by atoms with van der Waals surface area (Å²) in [7, 11) is -2.74. The molecule has 5 aliphatic rings. The van der Waals surface area contributed by atoms with E-state index in [-0.39, 0.29) is 43.7 Å². The van der Waals surface area contributed by atoms with Gasteiger partial charge < -0.3 is 29.7 Å². The van der Waals surface area contributed by atoms with E-state index in [4.69, 9.17) is 24.2 Å². The van der Waals surface area contributed by atoms with E-state index in [0.29, 0.717) is 35.3 Å². The number of alkyl carbamates (subject to hydrolysis) is 1. The molecule has 1 unspecified atom stereocenters. The number of hydrogen-bond acceptors (Lipinski definition) is 11. The number of hydrogen-bond donors (Lipinski definition) is 3. The van der Waals surface area contributed by atoms with Crippen molar-refractivity contribution in [2.75, 3.05) is 13.7 Å². The number of carbonyl (C=O) groups excluding carboxylic acids is 4. The SMILES string of the molecule is COc1ccc2nc3c(nc2c1)O[C@H]1CN(C(=O)[C@H](C(C)(C)C)NC(=O)O[C@@H]2CC2CCCCC3)[C@H](C(=O)N[C@]2(C(=O)NS(=O)(=O)C3(C)CC3)C[C@H]2C(F)F)[C@@H]1Cc1ccccc1. The average Bonchev–Trinajstić information content (AvgIpc) is 4.18. The van der Waals surface area contributed by atoms with Crippen molar-refractivity contribution in [3.63, 3.8) is 0 Å². The van der Waals surface area contributed by atoms with Crippen LogP contribution in [0.3, 0.4) is 0 Å². The largest absolute Gasteiger partial charge is 0.497 e. The number of aromatic nitrogens is 2. The smallest absolute Gasteiger partial charge is 0.408 e. The molecular formula is C45H56F2N6O9S. The monoisotopic (exact) mass is 894 g/mol. The summed E-state index contributed by atoms with van der Waals surface area (Å²) in [6.45, 7) is 6.50. The van der Waals surface area contributed by atoms with Crippen molar-refractivity contribution in [2.45, 2.75) is 133 Å². The second-order valence-electron chi connectivity index (χ2n) is 19.2. The maximum absolute atomic E-state index is 15.2. The van der Waals surface area contributed by atoms with Crippen molar-refractivity contribution in [1.82, 2.24) is 30.2 Å². The van der Waals surface area contributed by atoms with Gasteiger partial charge in [0.1, 0.15) is 41.3 Å². The van der Waals surface area contributed by atoms with E-state index in [2.05, 4.69) is 10.6 Å². The molecule has 0 radical (unpaired) electrons. The van der Waals surface area contributed by atoms with Gasteiger partial charge in [-0.25, -0.2) is 32.0 Å². The molecule has 8 rings (SSSR count). The molecule has 340 valence electrons. The van der Waals surface area contributed by atoms with Crippen molar-refractivity contribution in [2.24, 2.45) is 23.2 Å². The fourth-order valence-corrected chi connectivity index (χ4v) is 10.4. The third-order valence-corrected chi connectivity index (χ3v) is 15.7. The number of amides is 4. The van der Waals surface area contributed by atoms with Crippen LogP contribution in [0, 0.1) is 23.2 Å². The predicted molar refractivity (Wildman–Crippen MR) is 226 cm³/mol. The van der Waals surface area contributed by atoms with Gasteiger partial charge in [-0.2, -0.15) is 0 Å². The molecule has 4 fully saturated rings. The van der Waals surface area contributed by atoms with Crippen LogP contribution in [0.5, 0.6) is 11.6 Å². The first kappa shape index (κ1) is 44.5. The standard InChI is InChI=1S/C45H56F2N6O9S/c1-43(2,3)36-40(55)53-24-34(61-39-31(48-30-17-16-27(60-5)22-32(30)49-39)15-11-7-10-14-26-21-33(26)62-42(57)50-36)28(20-25-12-8-6-9-13-25)35(53)38(54)51-45(23-29(45)37(46)47)41(56)52-63(58,59)44(4)18-19-44/h6,8-9,12-13,16-17,22,26,28-29,33-37H,7,10-11,14-15,18-21,23-24H2,1-5H3,(H,50,57)(H,51,54)(H,52,56)/t26?,28-,29+,33-,34+,35+,36-,45-/m1/s1. The summed E-state index contributed by atoms with van der Waals surface area (Å²) in [5, 5.41) is 5.34. The van der Waals surface area contributed by atoms with Crippen LogP contribution in [0.25, 0.3) is 11.0 Å². The lowest BCUT2D eigenvalue weighted by Gasteiger charge is -2.36. The molecule has 3 N–H and O–H groups in total. The van der Waals surface area contributed by atoms with Crippen LogP contribution in [0.4, 0.5) is 13.6 Å². The number of nitrogens with one attached hydrogen (secondary N) is 3. The molecule has 3 aliphatic carbocycles. The number of carbonyl (C=O) groups is 4. The maximum Gasteiger partial charge on any atom is 0.408 e. The molecular weight excluding hydrogens is 839 g/mol. The van der Waals surface area contributed by atoms with Gasteiger partial charge in [-0.05, 0) is 87.3 Å². The van der Waals surface area contributed by atoms with Gasteiger partial charge in [0.2, 0.25) is 34.1 Å². The second-order valence-corrected chi connectivity index (χ2v) is 21.4. The highest BCUT2D eigenvalue weighted by molar-refractivity contribution is 7.91. The number of benzene rings is 2. The van der Waals surface area contributed by atoms with Crippen LogP contribution >= 0.6 is 0 Å². The molecule has 3 aromatic rings. The quantitative estimate of drug-likeness (QED) is 0.254. The summed E-state index contributed by atoms with van der Waals surface area (Å²) in [6.07, 6.45) is -0.397. The Morgan fingerprint density at radius 1 is 1.02 bits per heavy atom. The van der Waals surface area contributed by atoms with Gasteiger partial charge in [0.25, 0.3) is 5.91 Å². The highest BCUT2D eigenvalue weighted by atomic mass is 32.2. The summed E-state index contributed by atoms with van der Waals surface area (Å²) in [5.41, 5.74) is -0.788. The highest BCUT2D eigenvalue weighted by Crippen LogP contribution is 2.50. The van der Waals surface area contributed by atoms with Gasteiger partial charge in [0.05, 0.1) is 35.4 Å². The Labute approximate surface area is 365 Å². The van der Waals surface area contributed by atoms with Gasteiger partial charge in [-0.3, -0.25) is 19.1 Å². The third kappa shape index (κ3) is 9.14. The molecule has 3 saturated carbocycles. The van der Waals surface area contributed by atoms with E-state index < -0.39 is 92.4 Å². The molecule has 3 heterocycles. The van der Waals surface area contributed by atoms with Crippen LogP contribution in [0.1, 0.15) is 90.3 Å². The third-order valence-electron chi connectivity index (χ3n) is 13.5. The normalized spacial score (nSPS) is 29.5. The zero-order chi connectivity index (χ0) is 45.1. The first-order valence-corrected chi connectivity index (χ1v) is 23.3. The van der Waals surface area contributed by atoms with E-state index in [1.807, 2.05) is 41.1 Å². The number of methoxy groups -OCH3 is 1. The van der Waals surface area contributed by atoms with Gasteiger partial charge in [-0.15, -0.1) is 0 Å². The van der Waals surface area contributed by atoms with Crippen LogP contribution < -0.4 is 24.8 Å². The fraction of sp³-hybridized carbons (Fsp3) is 0.600. The van der Waals surface area contributed by atoms with E-state index in [9.17, 15) is 26.8 Å². The van der Waals surface area contributed by atoms with Gasteiger partial charge in [-0.1, -0.05) is 63.9 Å². The average molecular weight is 895 g/mol. The molecule has 15 nitrogen and oxygen atoms in total. The number of sulfonamides is 1. The molecule has 2 aromatic carbocycles. The van der Waals surface area contributed by atoms with Crippen molar-refractivity contribution in [3.8, 4) is 11.6 Å². The highest BCUT2D eigenvalue weighted by Gasteiger charge is 2.68. The zero-order valence-electron chi connectivity index (χ0n) is 36.2. The Morgan fingerprint density at radius 2 is 1.76 bits per heavy atom. The van der Waals surface area contributed by atoms with E-state index in [1.54, 1.807) is 32.9 Å². The summed E-state index contributed by atoms with van der Waals surface area (Å²) in [6, 6.07) is 11.8. The fourth-order valence-electron chi connectivity index (χ4n) is 9.05. The molecule has 1 aromatic heterocycles. The summed E-state index contributed by atoms with van der Waals surface area (Å²) in [4.78, 5) is 68.9. The lowest BCUT2D eigenvalue weighted by molar-refractivity contribution is -0.144. The summed E-state index contributed by atoms with van der Waals surface area (Å²) < 4.78 is 74.5. The van der Waals surface area contributed by atoms with E-state index in [1.165, 1.54) is 18.9 Å². The maximum atomic E-state index is 15.2. The Bertz CT molecular complexity index is 2380. The first-order valence-electron chi connectivity index (χ1n) is 21.8. The van der Waals surface area contributed by atoms with Gasteiger partial charge in [0, 0.05) is 12.0 Å². The Hall–Kier alpha value is -5.13. The van der Waals surface area contributed by atoms with Crippen molar-refractivity contribution in [3.05, 3.63) is 59.8 Å². The summed E-state index contributed by atoms with van der Waals surface area (Å²) >= 11 is 0. The number of ether oxygens (including phenoxy) is 3. The van der Waals surface area contributed by atoms with Crippen LogP contribution in [0.2, 0.25) is 0 Å². The van der Waals surface area contributed by atoms with Crippen LogP contribution in [-0.2, 0) is 42.0 Å². The number of halogens is 2. The molecule has 2 aliphatic heterocycles. The molecule has 4 amide bonds. The van der Waals surface area contributed by atoms with Crippen LogP contribution in [0.15, 0.2) is 48.5 Å². The van der Waals surface area contributed by atoms with Gasteiger partial charge in [0.15, 0.2) is 0 Å². The number of rotatable bonds is 9. The van der Waals surface area contributed by atoms with Crippen LogP contribution in [-0.4, -0.2) is 102 Å². The second kappa shape index (κ2) is 16.8. The van der Waals surface area contributed by atoms with Crippen molar-refractivity contribution >= 4 is 44.9 Å². The molecule has 8 atom stereocenters. The Balaban J connectivity index is 1.23. The zero-order valence-corrected chi connectivity index (χ0v) is 37.0. The Kier molecular flexibility index (Phi) is 11.8. The minimum atomic E-state index is -4.28. The van der Waals surface area contributed by atoms with E-state index >= 15 is 9.59 Å².